The number of rotatable bonds is 1. The van der Waals surface area contributed by atoms with E-state index in [9.17, 15) is 9.50 Å². The number of aliphatic hydroxyl groups is 1. The maximum absolute atomic E-state index is 13.2. The first kappa shape index (κ1) is 13.8. The standard InChI is InChI=1S/C16H17BrFNO/c1-16(2)8-14-11(15(20)9-16)5-6-19(14)13-4-3-10(18)7-12(13)17/h3-7,15,20H,8-9H2,1-2H3. The van der Waals surface area contributed by atoms with Gasteiger partial charge in [0.05, 0.1) is 11.8 Å². The van der Waals surface area contributed by atoms with Crippen LogP contribution < -0.4 is 0 Å². The van der Waals surface area contributed by atoms with Gasteiger partial charge in [-0.3, -0.25) is 0 Å². The number of hydrogen-bond donors (Lipinski definition) is 1. The van der Waals surface area contributed by atoms with E-state index in [2.05, 4.69) is 29.8 Å². The molecule has 0 saturated carbocycles. The van der Waals surface area contributed by atoms with Crippen LogP contribution in [0, 0.1) is 11.2 Å². The van der Waals surface area contributed by atoms with Crippen molar-refractivity contribution in [3.8, 4) is 5.69 Å². The van der Waals surface area contributed by atoms with Crippen LogP contribution in [-0.4, -0.2) is 9.67 Å². The normalized spacial score (nSPS) is 20.8. The predicted molar refractivity (Wildman–Crippen MR) is 80.5 cm³/mol. The number of hydrogen-bond acceptors (Lipinski definition) is 1. The third kappa shape index (κ3) is 2.31. The minimum absolute atomic E-state index is 0.0645. The summed E-state index contributed by atoms with van der Waals surface area (Å²) < 4.78 is 16.0. The van der Waals surface area contributed by atoms with Gasteiger partial charge in [-0.05, 0) is 58.5 Å². The Bertz CT molecular complexity index is 662. The molecule has 0 radical (unpaired) electrons. The number of benzene rings is 1. The van der Waals surface area contributed by atoms with Gasteiger partial charge in [0.2, 0.25) is 0 Å². The molecule has 2 nitrogen and oxygen atoms in total. The Labute approximate surface area is 126 Å². The van der Waals surface area contributed by atoms with Crippen molar-refractivity contribution in [3.05, 3.63) is 52.0 Å². The molecular formula is C16H17BrFNO. The lowest BCUT2D eigenvalue weighted by molar-refractivity contribution is 0.0987. The van der Waals surface area contributed by atoms with Crippen molar-refractivity contribution >= 4 is 15.9 Å². The van der Waals surface area contributed by atoms with E-state index in [1.54, 1.807) is 6.07 Å². The Morgan fingerprint density at radius 1 is 1.35 bits per heavy atom. The van der Waals surface area contributed by atoms with Crippen LogP contribution in [0.25, 0.3) is 5.69 Å². The zero-order chi connectivity index (χ0) is 14.5. The highest BCUT2D eigenvalue weighted by Crippen LogP contribution is 2.42. The summed E-state index contributed by atoms with van der Waals surface area (Å²) >= 11 is 3.42. The summed E-state index contributed by atoms with van der Waals surface area (Å²) in [6.45, 7) is 4.33. The highest BCUT2D eigenvalue weighted by molar-refractivity contribution is 9.10. The van der Waals surface area contributed by atoms with E-state index in [-0.39, 0.29) is 11.2 Å². The first-order chi connectivity index (χ1) is 9.37. The Balaban J connectivity index is 2.13. The van der Waals surface area contributed by atoms with Crippen LogP contribution in [0.15, 0.2) is 34.9 Å². The molecule has 1 heterocycles. The maximum Gasteiger partial charge on any atom is 0.124 e. The summed E-state index contributed by atoms with van der Waals surface area (Å²) in [5.74, 6) is -0.262. The third-order valence-corrected chi connectivity index (χ3v) is 4.58. The smallest absolute Gasteiger partial charge is 0.124 e. The molecule has 2 aromatic rings. The Morgan fingerprint density at radius 2 is 2.10 bits per heavy atom. The van der Waals surface area contributed by atoms with Gasteiger partial charge < -0.3 is 9.67 Å². The molecule has 0 saturated heterocycles. The van der Waals surface area contributed by atoms with E-state index >= 15 is 0 Å². The second kappa shape index (κ2) is 4.71. The molecule has 0 aliphatic heterocycles. The van der Waals surface area contributed by atoms with Crippen molar-refractivity contribution in [1.29, 1.82) is 0 Å². The first-order valence-electron chi connectivity index (χ1n) is 6.71. The molecule has 3 rings (SSSR count). The van der Waals surface area contributed by atoms with E-state index in [0.29, 0.717) is 4.47 Å². The highest BCUT2D eigenvalue weighted by atomic mass is 79.9. The fraction of sp³-hybridized carbons (Fsp3) is 0.375. The van der Waals surface area contributed by atoms with Crippen LogP contribution in [0.4, 0.5) is 4.39 Å². The third-order valence-electron chi connectivity index (χ3n) is 3.95. The average molecular weight is 338 g/mol. The van der Waals surface area contributed by atoms with Gasteiger partial charge in [0.1, 0.15) is 5.82 Å². The summed E-state index contributed by atoms with van der Waals surface area (Å²) in [5, 5.41) is 10.3. The minimum atomic E-state index is -0.422. The molecule has 106 valence electrons. The summed E-state index contributed by atoms with van der Waals surface area (Å²) in [6.07, 6.45) is 3.20. The van der Waals surface area contributed by atoms with Gasteiger partial charge in [-0.25, -0.2) is 4.39 Å². The van der Waals surface area contributed by atoms with Crippen LogP contribution >= 0.6 is 15.9 Å². The molecule has 1 atom stereocenters. The van der Waals surface area contributed by atoms with Crippen LogP contribution in [0.1, 0.15) is 37.6 Å². The van der Waals surface area contributed by atoms with Crippen molar-refractivity contribution in [2.24, 2.45) is 5.41 Å². The average Bonchev–Trinajstić information content (AvgIpc) is 2.71. The fourth-order valence-corrected chi connectivity index (χ4v) is 3.57. The van der Waals surface area contributed by atoms with Gasteiger partial charge in [0, 0.05) is 21.9 Å². The molecule has 0 bridgehead atoms. The zero-order valence-electron chi connectivity index (χ0n) is 11.5. The maximum atomic E-state index is 13.2. The van der Waals surface area contributed by atoms with Gasteiger partial charge in [-0.1, -0.05) is 13.8 Å². The van der Waals surface area contributed by atoms with Crippen LogP contribution in [0.5, 0.6) is 0 Å². The molecular weight excluding hydrogens is 321 g/mol. The first-order valence-corrected chi connectivity index (χ1v) is 7.50. The Hall–Kier alpha value is -1.13. The summed E-state index contributed by atoms with van der Waals surface area (Å²) in [7, 11) is 0. The van der Waals surface area contributed by atoms with Crippen molar-refractivity contribution in [1.82, 2.24) is 4.57 Å². The second-order valence-electron chi connectivity index (χ2n) is 6.24. The topological polar surface area (TPSA) is 25.2 Å². The monoisotopic (exact) mass is 337 g/mol. The fourth-order valence-electron chi connectivity index (χ4n) is 3.03. The van der Waals surface area contributed by atoms with Gasteiger partial charge in [0.15, 0.2) is 0 Å². The molecule has 0 fully saturated rings. The van der Waals surface area contributed by atoms with Crippen molar-refractivity contribution < 1.29 is 9.50 Å². The molecule has 20 heavy (non-hydrogen) atoms. The van der Waals surface area contributed by atoms with Gasteiger partial charge in [-0.15, -0.1) is 0 Å². The van der Waals surface area contributed by atoms with Gasteiger partial charge in [-0.2, -0.15) is 0 Å². The van der Waals surface area contributed by atoms with Crippen LogP contribution in [0.2, 0.25) is 0 Å². The lowest BCUT2D eigenvalue weighted by Crippen LogP contribution is -2.26. The van der Waals surface area contributed by atoms with Crippen LogP contribution in [-0.2, 0) is 6.42 Å². The van der Waals surface area contributed by atoms with E-state index < -0.39 is 6.10 Å². The lowest BCUT2D eigenvalue weighted by atomic mass is 9.75. The number of halogens is 2. The highest BCUT2D eigenvalue weighted by Gasteiger charge is 2.33. The lowest BCUT2D eigenvalue weighted by Gasteiger charge is -2.34. The largest absolute Gasteiger partial charge is 0.388 e. The van der Waals surface area contributed by atoms with E-state index in [4.69, 9.17) is 0 Å². The van der Waals surface area contributed by atoms with Crippen molar-refractivity contribution in [3.63, 3.8) is 0 Å². The van der Waals surface area contributed by atoms with E-state index in [0.717, 1.165) is 29.8 Å². The number of fused-ring (bicyclic) bond motifs is 1. The number of aromatic nitrogens is 1. The van der Waals surface area contributed by atoms with E-state index in [1.165, 1.54) is 12.1 Å². The van der Waals surface area contributed by atoms with Crippen molar-refractivity contribution in [2.45, 2.75) is 32.8 Å². The summed E-state index contributed by atoms with van der Waals surface area (Å²) in [5.41, 5.74) is 3.06. The quantitative estimate of drug-likeness (QED) is 0.820. The minimum Gasteiger partial charge on any atom is -0.388 e. The van der Waals surface area contributed by atoms with Crippen molar-refractivity contribution in [2.75, 3.05) is 0 Å². The zero-order valence-corrected chi connectivity index (χ0v) is 13.1. The second-order valence-corrected chi connectivity index (χ2v) is 7.10. The van der Waals surface area contributed by atoms with Gasteiger partial charge >= 0.3 is 0 Å². The predicted octanol–water partition coefficient (Wildman–Crippen LogP) is 4.38. The molecule has 1 unspecified atom stereocenters. The molecule has 4 heteroatoms. The molecule has 1 aromatic heterocycles. The van der Waals surface area contributed by atoms with Crippen LogP contribution in [0.3, 0.4) is 0 Å². The molecule has 1 aliphatic carbocycles. The van der Waals surface area contributed by atoms with Gasteiger partial charge in [0.25, 0.3) is 0 Å². The number of aliphatic hydroxyl groups excluding tert-OH is 1. The summed E-state index contributed by atoms with van der Waals surface area (Å²) in [4.78, 5) is 0. The molecule has 1 aromatic carbocycles. The molecule has 1 N–H and O–H groups in total. The Kier molecular flexibility index (Phi) is 3.26. The molecule has 0 amide bonds. The Morgan fingerprint density at radius 3 is 2.80 bits per heavy atom. The molecule has 1 aliphatic rings. The summed E-state index contributed by atoms with van der Waals surface area (Å²) in [6, 6.07) is 6.64. The molecule has 0 spiro atoms. The van der Waals surface area contributed by atoms with E-state index in [1.807, 2.05) is 16.8 Å². The number of nitrogens with zero attached hydrogens (tertiary/aromatic N) is 1. The SMILES string of the molecule is CC1(C)Cc2c(ccn2-c2ccc(F)cc2Br)C(O)C1.